The smallest absolute Gasteiger partial charge is 0.302 e. The van der Waals surface area contributed by atoms with Crippen LogP contribution in [0.25, 0.3) is 0 Å². The maximum absolute atomic E-state index is 10.4. The molecule has 13 heavy (non-hydrogen) atoms. The number of ether oxygens (including phenoxy) is 1. The Kier molecular flexibility index (Phi) is 3.71. The fourth-order valence-electron chi connectivity index (χ4n) is 0.911. The molecule has 0 spiro atoms. The first-order valence-corrected chi connectivity index (χ1v) is 4.30. The number of nitrogens with zero attached hydrogens (tertiary/aromatic N) is 1. The van der Waals surface area contributed by atoms with Crippen LogP contribution in [0.4, 0.5) is 0 Å². The van der Waals surface area contributed by atoms with E-state index < -0.39 is 0 Å². The topological polar surface area (TPSA) is 39.2 Å². The van der Waals surface area contributed by atoms with Crippen LogP contribution in [0.1, 0.15) is 12.5 Å². The quantitative estimate of drug-likeness (QED) is 0.551. The lowest BCUT2D eigenvalue weighted by atomic mass is 10.2. The number of carbonyl (C=O) groups excluding carboxylic acids is 1. The molecule has 1 heterocycles. The minimum Gasteiger partial charge on any atom is -0.466 e. The van der Waals surface area contributed by atoms with Crippen LogP contribution in [0.15, 0.2) is 18.3 Å². The lowest BCUT2D eigenvalue weighted by molar-refractivity contribution is -0.140. The Morgan fingerprint density at radius 3 is 3.08 bits per heavy atom. The van der Waals surface area contributed by atoms with Crippen molar-refractivity contribution in [1.82, 2.24) is 4.98 Å². The molecule has 1 aromatic rings. The molecule has 70 valence electrons. The second kappa shape index (κ2) is 4.82. The Morgan fingerprint density at radius 2 is 2.46 bits per heavy atom. The predicted molar refractivity (Wildman–Crippen MR) is 49.6 cm³/mol. The van der Waals surface area contributed by atoms with E-state index >= 15 is 0 Å². The third kappa shape index (κ3) is 3.90. The van der Waals surface area contributed by atoms with Gasteiger partial charge in [0.1, 0.15) is 5.15 Å². The van der Waals surface area contributed by atoms with Crippen LogP contribution in [-0.4, -0.2) is 17.6 Å². The Morgan fingerprint density at radius 1 is 1.69 bits per heavy atom. The Balaban J connectivity index is 2.41. The monoisotopic (exact) mass is 199 g/mol. The molecule has 0 unspecified atom stereocenters. The molecule has 1 aromatic heterocycles. The minimum atomic E-state index is -0.264. The summed E-state index contributed by atoms with van der Waals surface area (Å²) < 4.78 is 4.78. The highest BCUT2D eigenvalue weighted by atomic mass is 35.5. The van der Waals surface area contributed by atoms with Gasteiger partial charge < -0.3 is 4.74 Å². The molecule has 0 bridgehead atoms. The average molecular weight is 200 g/mol. The van der Waals surface area contributed by atoms with Crippen molar-refractivity contribution in [3.05, 3.63) is 29.0 Å². The Bertz CT molecular complexity index is 301. The second-order valence-corrected chi connectivity index (χ2v) is 2.96. The molecular formula is C9H10ClNO2. The van der Waals surface area contributed by atoms with E-state index in [2.05, 4.69) is 4.98 Å². The summed E-state index contributed by atoms with van der Waals surface area (Å²) >= 11 is 5.67. The van der Waals surface area contributed by atoms with Crippen molar-refractivity contribution in [2.45, 2.75) is 13.3 Å². The minimum absolute atomic E-state index is 0.264. The second-order valence-electron chi connectivity index (χ2n) is 2.58. The van der Waals surface area contributed by atoms with Gasteiger partial charge in [0, 0.05) is 19.5 Å². The zero-order valence-corrected chi connectivity index (χ0v) is 8.04. The number of halogens is 1. The number of aromatic nitrogens is 1. The maximum atomic E-state index is 10.4. The van der Waals surface area contributed by atoms with Gasteiger partial charge in [0.25, 0.3) is 0 Å². The standard InChI is InChI=1S/C9H10ClNO2/c1-7(12)13-5-3-8-2-4-11-9(10)6-8/h2,4,6H,3,5H2,1H3. The highest BCUT2D eigenvalue weighted by Crippen LogP contribution is 2.07. The van der Waals surface area contributed by atoms with E-state index in [0.29, 0.717) is 18.2 Å². The fraction of sp³-hybridized carbons (Fsp3) is 0.333. The third-order valence-electron chi connectivity index (χ3n) is 1.49. The molecule has 0 saturated carbocycles. The van der Waals surface area contributed by atoms with E-state index in [-0.39, 0.29) is 5.97 Å². The molecule has 0 N–H and O–H groups in total. The maximum Gasteiger partial charge on any atom is 0.302 e. The highest BCUT2D eigenvalue weighted by molar-refractivity contribution is 6.29. The molecule has 0 aliphatic carbocycles. The molecule has 0 atom stereocenters. The van der Waals surface area contributed by atoms with Crippen LogP contribution >= 0.6 is 11.6 Å². The number of rotatable bonds is 3. The number of hydrogen-bond acceptors (Lipinski definition) is 3. The van der Waals surface area contributed by atoms with Gasteiger partial charge in [-0.05, 0) is 17.7 Å². The summed E-state index contributed by atoms with van der Waals surface area (Å²) in [7, 11) is 0. The zero-order chi connectivity index (χ0) is 9.68. The summed E-state index contributed by atoms with van der Waals surface area (Å²) in [6.07, 6.45) is 2.30. The largest absolute Gasteiger partial charge is 0.466 e. The molecule has 0 radical (unpaired) electrons. The lowest BCUT2D eigenvalue weighted by Crippen LogP contribution is -2.03. The first-order chi connectivity index (χ1) is 6.18. The summed E-state index contributed by atoms with van der Waals surface area (Å²) in [5.74, 6) is -0.264. The normalized spacial score (nSPS) is 9.69. The van der Waals surface area contributed by atoms with Crippen molar-refractivity contribution >= 4 is 17.6 Å². The van der Waals surface area contributed by atoms with Crippen molar-refractivity contribution in [3.8, 4) is 0 Å². The van der Waals surface area contributed by atoms with Gasteiger partial charge in [-0.3, -0.25) is 4.79 Å². The summed E-state index contributed by atoms with van der Waals surface area (Å²) in [5, 5.41) is 0.459. The molecule has 0 aromatic carbocycles. The van der Waals surface area contributed by atoms with Crippen molar-refractivity contribution in [3.63, 3.8) is 0 Å². The fourth-order valence-corrected chi connectivity index (χ4v) is 1.11. The summed E-state index contributed by atoms with van der Waals surface area (Å²) in [4.78, 5) is 14.3. The summed E-state index contributed by atoms with van der Waals surface area (Å²) in [5.41, 5.74) is 1.02. The Labute approximate surface area is 81.7 Å². The number of esters is 1. The highest BCUT2D eigenvalue weighted by Gasteiger charge is 1.96. The molecule has 0 saturated heterocycles. The Hall–Kier alpha value is -1.09. The van der Waals surface area contributed by atoms with Crippen LogP contribution < -0.4 is 0 Å². The molecular weight excluding hydrogens is 190 g/mol. The van der Waals surface area contributed by atoms with Gasteiger partial charge in [-0.15, -0.1) is 0 Å². The van der Waals surface area contributed by atoms with E-state index in [1.165, 1.54) is 6.92 Å². The third-order valence-corrected chi connectivity index (χ3v) is 1.69. The van der Waals surface area contributed by atoms with Crippen molar-refractivity contribution in [2.24, 2.45) is 0 Å². The van der Waals surface area contributed by atoms with Crippen LogP contribution in [0.5, 0.6) is 0 Å². The first kappa shape index (κ1) is 9.99. The molecule has 0 amide bonds. The zero-order valence-electron chi connectivity index (χ0n) is 7.29. The number of pyridine rings is 1. The van der Waals surface area contributed by atoms with Gasteiger partial charge in [-0.25, -0.2) is 4.98 Å². The molecule has 0 fully saturated rings. The molecule has 3 nitrogen and oxygen atoms in total. The van der Waals surface area contributed by atoms with E-state index in [1.807, 2.05) is 6.07 Å². The van der Waals surface area contributed by atoms with Crippen LogP contribution in [0.2, 0.25) is 5.15 Å². The lowest BCUT2D eigenvalue weighted by Gasteiger charge is -2.01. The van der Waals surface area contributed by atoms with Crippen molar-refractivity contribution in [1.29, 1.82) is 0 Å². The van der Waals surface area contributed by atoms with Gasteiger partial charge in [0.2, 0.25) is 0 Å². The van der Waals surface area contributed by atoms with Crippen molar-refractivity contribution in [2.75, 3.05) is 6.61 Å². The molecule has 4 heteroatoms. The van der Waals surface area contributed by atoms with Gasteiger partial charge in [-0.2, -0.15) is 0 Å². The van der Waals surface area contributed by atoms with E-state index in [1.54, 1.807) is 12.3 Å². The number of hydrogen-bond donors (Lipinski definition) is 0. The number of carbonyl (C=O) groups is 1. The first-order valence-electron chi connectivity index (χ1n) is 3.92. The van der Waals surface area contributed by atoms with Gasteiger partial charge >= 0.3 is 5.97 Å². The van der Waals surface area contributed by atoms with Gasteiger partial charge in [-0.1, -0.05) is 11.6 Å². The van der Waals surface area contributed by atoms with Crippen LogP contribution in [-0.2, 0) is 16.0 Å². The molecule has 0 aliphatic rings. The summed E-state index contributed by atoms with van der Waals surface area (Å²) in [6, 6.07) is 3.60. The summed E-state index contributed by atoms with van der Waals surface area (Å²) in [6.45, 7) is 1.77. The van der Waals surface area contributed by atoms with Gasteiger partial charge in [0.05, 0.1) is 6.61 Å². The van der Waals surface area contributed by atoms with Gasteiger partial charge in [0.15, 0.2) is 0 Å². The van der Waals surface area contributed by atoms with Crippen molar-refractivity contribution < 1.29 is 9.53 Å². The van der Waals surface area contributed by atoms with E-state index in [4.69, 9.17) is 16.3 Å². The predicted octanol–water partition coefficient (Wildman–Crippen LogP) is 1.84. The van der Waals surface area contributed by atoms with E-state index in [9.17, 15) is 4.79 Å². The molecule has 0 aliphatic heterocycles. The van der Waals surface area contributed by atoms with Crippen LogP contribution in [0, 0.1) is 0 Å². The van der Waals surface area contributed by atoms with E-state index in [0.717, 1.165) is 5.56 Å². The molecule has 1 rings (SSSR count). The SMILES string of the molecule is CC(=O)OCCc1ccnc(Cl)c1. The average Bonchev–Trinajstić information content (AvgIpc) is 2.03. The van der Waals surface area contributed by atoms with Crippen LogP contribution in [0.3, 0.4) is 0 Å².